The maximum absolute atomic E-state index is 13.2. The van der Waals surface area contributed by atoms with Crippen molar-refractivity contribution in [3.8, 4) is 0 Å². The Kier molecular flexibility index (Phi) is 10.3. The summed E-state index contributed by atoms with van der Waals surface area (Å²) in [5, 5.41) is 8.87. The van der Waals surface area contributed by atoms with Gasteiger partial charge in [0.25, 0.3) is 0 Å². The summed E-state index contributed by atoms with van der Waals surface area (Å²) in [6, 6.07) is 15.0. The molecule has 7 nitrogen and oxygen atoms in total. The van der Waals surface area contributed by atoms with Gasteiger partial charge in [0, 0.05) is 25.4 Å². The molecule has 2 aromatic carbocycles. The van der Waals surface area contributed by atoms with Gasteiger partial charge >= 0.3 is 11.9 Å². The maximum Gasteiger partial charge on any atom is 0.339 e. The maximum atomic E-state index is 13.2. The molecular formula is C25H30O7S. The van der Waals surface area contributed by atoms with Crippen LogP contribution < -0.4 is 0 Å². The van der Waals surface area contributed by atoms with Gasteiger partial charge in [-0.15, -0.1) is 0 Å². The van der Waals surface area contributed by atoms with Gasteiger partial charge in [0.05, 0.1) is 17.1 Å². The Balaban J connectivity index is 2.45. The lowest BCUT2D eigenvalue weighted by Gasteiger charge is -2.16. The molecule has 0 heterocycles. The Morgan fingerprint density at radius 2 is 1.48 bits per heavy atom. The zero-order valence-corrected chi connectivity index (χ0v) is 19.8. The number of unbranched alkanes of at least 4 members (excludes halogenated alkanes) is 3. The van der Waals surface area contributed by atoms with E-state index in [1.54, 1.807) is 36.4 Å². The van der Waals surface area contributed by atoms with E-state index in [-0.39, 0.29) is 30.3 Å². The van der Waals surface area contributed by atoms with Crippen LogP contribution in [0.25, 0.3) is 11.1 Å². The highest BCUT2D eigenvalue weighted by Gasteiger charge is 2.22. The number of carbonyl (C=O) groups is 2. The Morgan fingerprint density at radius 3 is 2.06 bits per heavy atom. The van der Waals surface area contributed by atoms with Crippen LogP contribution in [0.3, 0.4) is 0 Å². The molecule has 8 heteroatoms. The third-order valence-electron chi connectivity index (χ3n) is 4.90. The van der Waals surface area contributed by atoms with Crippen molar-refractivity contribution in [1.29, 1.82) is 0 Å². The predicted molar refractivity (Wildman–Crippen MR) is 126 cm³/mol. The van der Waals surface area contributed by atoms with Crippen molar-refractivity contribution < 1.29 is 32.6 Å². The number of benzene rings is 2. The lowest BCUT2D eigenvalue weighted by atomic mass is 9.95. The molecule has 178 valence electrons. The molecule has 0 radical (unpaired) electrons. The van der Waals surface area contributed by atoms with Crippen LogP contribution in [0.4, 0.5) is 0 Å². The summed E-state index contributed by atoms with van der Waals surface area (Å²) >= 11 is 0. The standard InChI is InChI=1S/C25H30O7S/c1-19(27)32-18-23(20-12-14-22(15-13-20)33(2,29)30)24(21-10-6-5-7-11-21)25(28)31-17-9-4-3-8-16-26/h5-7,10-15,26H,3-4,8-9,16-18H2,1-2H3. The molecular weight excluding hydrogens is 444 g/mol. The van der Waals surface area contributed by atoms with Gasteiger partial charge < -0.3 is 14.6 Å². The lowest BCUT2D eigenvalue weighted by molar-refractivity contribution is -0.140. The number of hydrogen-bond donors (Lipinski definition) is 1. The average molecular weight is 475 g/mol. The van der Waals surface area contributed by atoms with Gasteiger partial charge in [0.2, 0.25) is 0 Å². The van der Waals surface area contributed by atoms with E-state index in [1.807, 2.05) is 6.07 Å². The van der Waals surface area contributed by atoms with Crippen LogP contribution in [0.2, 0.25) is 0 Å². The second-order valence-corrected chi connectivity index (χ2v) is 9.59. The Bertz CT molecular complexity index is 1060. The first kappa shape index (κ1) is 26.3. The predicted octanol–water partition coefficient (Wildman–Crippen LogP) is 3.66. The van der Waals surface area contributed by atoms with Gasteiger partial charge in [-0.25, -0.2) is 13.2 Å². The zero-order valence-electron chi connectivity index (χ0n) is 19.0. The van der Waals surface area contributed by atoms with Crippen LogP contribution in [0.15, 0.2) is 59.5 Å². The number of ether oxygens (including phenoxy) is 2. The molecule has 1 N–H and O–H groups in total. The second kappa shape index (κ2) is 12.9. The minimum atomic E-state index is -3.39. The Labute approximate surface area is 195 Å². The summed E-state index contributed by atoms with van der Waals surface area (Å²) in [4.78, 5) is 24.8. The van der Waals surface area contributed by atoms with Gasteiger partial charge in [-0.05, 0) is 42.5 Å². The van der Waals surface area contributed by atoms with E-state index in [4.69, 9.17) is 14.6 Å². The molecule has 0 spiro atoms. The Hall–Kier alpha value is -2.97. The van der Waals surface area contributed by atoms with Gasteiger partial charge in [0.15, 0.2) is 9.84 Å². The summed E-state index contributed by atoms with van der Waals surface area (Å²) in [5.74, 6) is -1.07. The smallest absolute Gasteiger partial charge is 0.339 e. The molecule has 0 aromatic heterocycles. The van der Waals surface area contributed by atoms with Crippen molar-refractivity contribution in [3.05, 3.63) is 65.7 Å². The van der Waals surface area contributed by atoms with Gasteiger partial charge in [-0.1, -0.05) is 48.9 Å². The third kappa shape index (κ3) is 8.47. The van der Waals surface area contributed by atoms with Crippen molar-refractivity contribution in [3.63, 3.8) is 0 Å². The quantitative estimate of drug-likeness (QED) is 0.216. The number of aliphatic hydroxyl groups is 1. The number of aliphatic hydroxyl groups excluding tert-OH is 1. The molecule has 0 atom stereocenters. The van der Waals surface area contributed by atoms with Crippen LogP contribution in [0.1, 0.15) is 43.7 Å². The first-order valence-electron chi connectivity index (χ1n) is 10.7. The molecule has 0 bridgehead atoms. The fraction of sp³-hybridized carbons (Fsp3) is 0.360. The van der Waals surface area contributed by atoms with E-state index in [2.05, 4.69) is 0 Å². The van der Waals surface area contributed by atoms with Crippen LogP contribution >= 0.6 is 0 Å². The molecule has 2 aromatic rings. The summed E-state index contributed by atoms with van der Waals surface area (Å²) in [7, 11) is -3.39. The lowest BCUT2D eigenvalue weighted by Crippen LogP contribution is -2.14. The summed E-state index contributed by atoms with van der Waals surface area (Å²) in [5.41, 5.74) is 1.81. The van der Waals surface area contributed by atoms with E-state index < -0.39 is 21.8 Å². The van der Waals surface area contributed by atoms with Crippen molar-refractivity contribution in [2.45, 2.75) is 37.5 Å². The molecule has 2 rings (SSSR count). The molecule has 0 aliphatic heterocycles. The van der Waals surface area contributed by atoms with Gasteiger partial charge in [-0.2, -0.15) is 0 Å². The molecule has 0 fully saturated rings. The van der Waals surface area contributed by atoms with Gasteiger partial charge in [0.1, 0.15) is 6.61 Å². The molecule has 0 unspecified atom stereocenters. The van der Waals surface area contributed by atoms with E-state index in [1.165, 1.54) is 19.1 Å². The van der Waals surface area contributed by atoms with Crippen LogP contribution in [-0.2, 0) is 28.9 Å². The minimum absolute atomic E-state index is 0.137. The van der Waals surface area contributed by atoms with Crippen LogP contribution in [0, 0.1) is 0 Å². The Morgan fingerprint density at radius 1 is 0.848 bits per heavy atom. The fourth-order valence-electron chi connectivity index (χ4n) is 3.20. The highest BCUT2D eigenvalue weighted by Crippen LogP contribution is 2.29. The summed E-state index contributed by atoms with van der Waals surface area (Å²) in [6.07, 6.45) is 4.16. The van der Waals surface area contributed by atoms with Crippen LogP contribution in [-0.4, -0.2) is 51.5 Å². The zero-order chi connectivity index (χ0) is 24.3. The highest BCUT2D eigenvalue weighted by molar-refractivity contribution is 7.90. The molecule has 0 saturated carbocycles. The third-order valence-corrected chi connectivity index (χ3v) is 6.03. The summed E-state index contributed by atoms with van der Waals surface area (Å²) in [6.45, 7) is 1.45. The molecule has 0 saturated heterocycles. The molecule has 0 aliphatic carbocycles. The highest BCUT2D eigenvalue weighted by atomic mass is 32.2. The van der Waals surface area contributed by atoms with Crippen molar-refractivity contribution in [1.82, 2.24) is 0 Å². The second-order valence-electron chi connectivity index (χ2n) is 7.57. The minimum Gasteiger partial charge on any atom is -0.462 e. The van der Waals surface area contributed by atoms with Crippen LogP contribution in [0.5, 0.6) is 0 Å². The number of sulfone groups is 1. The molecule has 0 amide bonds. The summed E-state index contributed by atoms with van der Waals surface area (Å²) < 4.78 is 34.4. The molecule has 33 heavy (non-hydrogen) atoms. The number of carbonyl (C=O) groups excluding carboxylic acids is 2. The van der Waals surface area contributed by atoms with Crippen molar-refractivity contribution in [2.75, 3.05) is 26.1 Å². The van der Waals surface area contributed by atoms with Crippen molar-refractivity contribution in [2.24, 2.45) is 0 Å². The number of esters is 2. The first-order chi connectivity index (χ1) is 15.7. The van der Waals surface area contributed by atoms with E-state index in [0.717, 1.165) is 19.1 Å². The first-order valence-corrected chi connectivity index (χ1v) is 12.6. The van der Waals surface area contributed by atoms with Gasteiger partial charge in [-0.3, -0.25) is 4.79 Å². The number of rotatable bonds is 12. The van der Waals surface area contributed by atoms with E-state index >= 15 is 0 Å². The SMILES string of the molecule is CC(=O)OCC(=C(C(=O)OCCCCCCO)c1ccccc1)c1ccc(S(C)(=O)=O)cc1. The topological polar surface area (TPSA) is 107 Å². The van der Waals surface area contributed by atoms with E-state index in [9.17, 15) is 18.0 Å². The fourth-order valence-corrected chi connectivity index (χ4v) is 3.83. The monoisotopic (exact) mass is 474 g/mol. The normalized spacial score (nSPS) is 12.1. The molecule has 0 aliphatic rings. The van der Waals surface area contributed by atoms with Crippen molar-refractivity contribution >= 4 is 32.9 Å². The van der Waals surface area contributed by atoms with E-state index in [0.29, 0.717) is 29.5 Å². The number of hydrogen-bond acceptors (Lipinski definition) is 7. The largest absolute Gasteiger partial charge is 0.462 e. The average Bonchev–Trinajstić information content (AvgIpc) is 2.78.